The van der Waals surface area contributed by atoms with Crippen LogP contribution in [0.5, 0.6) is 0 Å². The molecule has 0 saturated heterocycles. The number of carbonyl (C=O) groups is 1. The number of aliphatic hydroxyl groups excluding tert-OH is 1. The maximum absolute atomic E-state index is 13.1. The third-order valence-electron chi connectivity index (χ3n) is 5.88. The summed E-state index contributed by atoms with van der Waals surface area (Å²) in [6, 6.07) is 7.37. The number of anilines is 1. The predicted octanol–water partition coefficient (Wildman–Crippen LogP) is 2.44. The number of nitrogens with two attached hydrogens (primary N) is 1. The van der Waals surface area contributed by atoms with Crippen LogP contribution >= 0.6 is 0 Å². The molecule has 0 fully saturated rings. The third-order valence-corrected chi connectivity index (χ3v) is 5.88. The van der Waals surface area contributed by atoms with E-state index in [1.807, 2.05) is 18.2 Å². The highest BCUT2D eigenvalue weighted by molar-refractivity contribution is 5.90. The molecule has 148 valence electrons. The number of benzene rings is 1. The van der Waals surface area contributed by atoms with E-state index in [0.29, 0.717) is 29.1 Å². The van der Waals surface area contributed by atoms with Crippen LogP contribution < -0.4 is 11.3 Å². The molecule has 5 rings (SSSR count). The molecule has 4 heterocycles. The van der Waals surface area contributed by atoms with E-state index in [9.17, 15) is 14.7 Å². The monoisotopic (exact) mass is 391 g/mol. The van der Waals surface area contributed by atoms with Crippen LogP contribution in [0.15, 0.2) is 29.1 Å². The van der Waals surface area contributed by atoms with Crippen molar-refractivity contribution in [3.63, 3.8) is 0 Å². The number of pyridine rings is 2. The molecular formula is C22H21N3O4. The van der Waals surface area contributed by atoms with Gasteiger partial charge < -0.3 is 20.1 Å². The number of fused-ring (bicyclic) bond motifs is 5. The summed E-state index contributed by atoms with van der Waals surface area (Å²) in [4.78, 5) is 29.7. The molecule has 2 aliphatic rings. The SMILES string of the molecule is CCCCc1c2c(nc3ccc(N)cc13)-c1cc3c(c(=O)n1C2)COC(=O)C3O. The highest BCUT2D eigenvalue weighted by Gasteiger charge is 2.34. The Morgan fingerprint density at radius 3 is 2.90 bits per heavy atom. The zero-order chi connectivity index (χ0) is 20.3. The van der Waals surface area contributed by atoms with Crippen molar-refractivity contribution >= 4 is 22.6 Å². The van der Waals surface area contributed by atoms with E-state index in [4.69, 9.17) is 15.5 Å². The average Bonchev–Trinajstić information content (AvgIpc) is 3.07. The molecule has 29 heavy (non-hydrogen) atoms. The van der Waals surface area contributed by atoms with Crippen molar-refractivity contribution in [3.8, 4) is 11.4 Å². The van der Waals surface area contributed by atoms with Crippen molar-refractivity contribution in [2.45, 2.75) is 45.4 Å². The third kappa shape index (κ3) is 2.57. The number of hydrogen-bond acceptors (Lipinski definition) is 6. The van der Waals surface area contributed by atoms with Gasteiger partial charge in [-0.1, -0.05) is 13.3 Å². The molecule has 7 heteroatoms. The summed E-state index contributed by atoms with van der Waals surface area (Å²) in [6.07, 6.45) is 1.49. The summed E-state index contributed by atoms with van der Waals surface area (Å²) in [5.74, 6) is -0.731. The Kier molecular flexibility index (Phi) is 3.96. The molecule has 0 radical (unpaired) electrons. The number of hydrogen-bond donors (Lipinski definition) is 2. The van der Waals surface area contributed by atoms with Crippen molar-refractivity contribution < 1.29 is 14.6 Å². The van der Waals surface area contributed by atoms with Crippen LogP contribution in [-0.2, 0) is 29.1 Å². The lowest BCUT2D eigenvalue weighted by molar-refractivity contribution is -0.157. The normalized spacial score (nSPS) is 17.0. The first-order chi connectivity index (χ1) is 14.0. The highest BCUT2D eigenvalue weighted by Crippen LogP contribution is 2.38. The molecule has 1 atom stereocenters. The van der Waals surface area contributed by atoms with E-state index in [0.717, 1.165) is 47.0 Å². The summed E-state index contributed by atoms with van der Waals surface area (Å²) in [7, 11) is 0. The van der Waals surface area contributed by atoms with Crippen molar-refractivity contribution in [2.75, 3.05) is 5.73 Å². The molecule has 0 amide bonds. The molecule has 2 aromatic heterocycles. The molecule has 1 unspecified atom stereocenters. The van der Waals surface area contributed by atoms with Gasteiger partial charge in [-0.25, -0.2) is 9.78 Å². The van der Waals surface area contributed by atoms with Crippen LogP contribution in [-0.4, -0.2) is 20.6 Å². The van der Waals surface area contributed by atoms with Gasteiger partial charge in [-0.15, -0.1) is 0 Å². The van der Waals surface area contributed by atoms with Gasteiger partial charge >= 0.3 is 5.97 Å². The summed E-state index contributed by atoms with van der Waals surface area (Å²) in [5, 5.41) is 11.3. The van der Waals surface area contributed by atoms with E-state index in [2.05, 4.69) is 6.92 Å². The Labute approximate surface area is 166 Å². The Morgan fingerprint density at radius 1 is 1.28 bits per heavy atom. The number of aliphatic hydroxyl groups is 1. The number of carbonyl (C=O) groups excluding carboxylic acids is 1. The van der Waals surface area contributed by atoms with Crippen LogP contribution in [0.2, 0.25) is 0 Å². The van der Waals surface area contributed by atoms with E-state index in [-0.39, 0.29) is 12.2 Å². The number of rotatable bonds is 3. The first-order valence-corrected chi connectivity index (χ1v) is 9.82. The lowest BCUT2D eigenvalue weighted by Crippen LogP contribution is -2.32. The molecule has 0 aliphatic carbocycles. The van der Waals surface area contributed by atoms with Gasteiger partial charge in [0.1, 0.15) is 6.61 Å². The molecule has 0 spiro atoms. The summed E-state index contributed by atoms with van der Waals surface area (Å²) >= 11 is 0. The second kappa shape index (κ2) is 6.42. The molecule has 7 nitrogen and oxygen atoms in total. The second-order valence-electron chi connectivity index (χ2n) is 7.66. The largest absolute Gasteiger partial charge is 0.458 e. The number of ether oxygens (including phenoxy) is 1. The molecule has 0 bridgehead atoms. The molecule has 0 saturated carbocycles. The fourth-order valence-electron chi connectivity index (χ4n) is 4.37. The van der Waals surface area contributed by atoms with E-state index < -0.39 is 12.1 Å². The van der Waals surface area contributed by atoms with E-state index >= 15 is 0 Å². The number of nitrogens with zero attached hydrogens (tertiary/aromatic N) is 2. The number of aryl methyl sites for hydroxylation is 1. The minimum Gasteiger partial charge on any atom is -0.458 e. The van der Waals surface area contributed by atoms with Crippen molar-refractivity contribution in [1.82, 2.24) is 9.55 Å². The number of esters is 1. The van der Waals surface area contributed by atoms with Crippen LogP contribution in [0, 0.1) is 0 Å². The molecule has 1 aromatic carbocycles. The van der Waals surface area contributed by atoms with Crippen molar-refractivity contribution in [3.05, 3.63) is 56.9 Å². The minimum atomic E-state index is -1.44. The zero-order valence-corrected chi connectivity index (χ0v) is 16.1. The van der Waals surface area contributed by atoms with Gasteiger partial charge in [0.05, 0.1) is 29.0 Å². The predicted molar refractivity (Wildman–Crippen MR) is 108 cm³/mol. The van der Waals surface area contributed by atoms with E-state index in [1.165, 1.54) is 0 Å². The maximum atomic E-state index is 13.1. The zero-order valence-electron chi connectivity index (χ0n) is 16.1. The topological polar surface area (TPSA) is 107 Å². The Balaban J connectivity index is 1.79. The van der Waals surface area contributed by atoms with Crippen molar-refractivity contribution in [1.29, 1.82) is 0 Å². The summed E-state index contributed by atoms with van der Waals surface area (Å²) < 4.78 is 6.62. The van der Waals surface area contributed by atoms with Gasteiger partial charge in [-0.2, -0.15) is 0 Å². The molecule has 2 aliphatic heterocycles. The van der Waals surface area contributed by atoms with Gasteiger partial charge in [0.2, 0.25) is 0 Å². The first kappa shape index (κ1) is 17.9. The van der Waals surface area contributed by atoms with Gasteiger partial charge in [0.15, 0.2) is 6.10 Å². The molecular weight excluding hydrogens is 370 g/mol. The highest BCUT2D eigenvalue weighted by atomic mass is 16.5. The maximum Gasteiger partial charge on any atom is 0.340 e. The number of cyclic esters (lactones) is 1. The minimum absolute atomic E-state index is 0.116. The quantitative estimate of drug-likeness (QED) is 0.410. The molecule has 3 aromatic rings. The Morgan fingerprint density at radius 2 is 2.10 bits per heavy atom. The number of aromatic nitrogens is 2. The average molecular weight is 391 g/mol. The number of unbranched alkanes of at least 4 members (excludes halogenated alkanes) is 1. The van der Waals surface area contributed by atoms with Crippen molar-refractivity contribution in [2.24, 2.45) is 0 Å². The van der Waals surface area contributed by atoms with Crippen LogP contribution in [0.1, 0.15) is 48.1 Å². The number of nitrogen functional groups attached to an aromatic ring is 1. The second-order valence-corrected chi connectivity index (χ2v) is 7.66. The van der Waals surface area contributed by atoms with E-state index in [1.54, 1.807) is 10.6 Å². The van der Waals surface area contributed by atoms with Gasteiger partial charge in [0.25, 0.3) is 5.56 Å². The standard InChI is InChI=1S/C22H21N3O4/c1-2-3-4-12-13-7-11(23)5-6-17(13)24-19-15(12)9-25-18(19)8-14-16(21(25)27)10-29-22(28)20(14)26/h5-8,20,26H,2-4,9-10,23H2,1H3. The molecule has 3 N–H and O–H groups in total. The van der Waals surface area contributed by atoms with Gasteiger partial charge in [0, 0.05) is 22.2 Å². The lowest BCUT2D eigenvalue weighted by atomic mass is 9.95. The van der Waals surface area contributed by atoms with Crippen LogP contribution in [0.4, 0.5) is 5.69 Å². The van der Waals surface area contributed by atoms with Gasteiger partial charge in [-0.05, 0) is 42.7 Å². The summed E-state index contributed by atoms with van der Waals surface area (Å²) in [5.41, 5.74) is 11.5. The van der Waals surface area contributed by atoms with Crippen LogP contribution in [0.25, 0.3) is 22.3 Å². The first-order valence-electron chi connectivity index (χ1n) is 9.82. The fourth-order valence-corrected chi connectivity index (χ4v) is 4.37. The van der Waals surface area contributed by atoms with Gasteiger partial charge in [-0.3, -0.25) is 4.79 Å². The lowest BCUT2D eigenvalue weighted by Gasteiger charge is -2.21. The Bertz CT molecular complexity index is 1250. The Hall–Kier alpha value is -3.19. The summed E-state index contributed by atoms with van der Waals surface area (Å²) in [6.45, 7) is 2.44. The van der Waals surface area contributed by atoms with Crippen LogP contribution in [0.3, 0.4) is 0 Å². The smallest absolute Gasteiger partial charge is 0.340 e. The fraction of sp³-hybridized carbons (Fsp3) is 0.318.